The van der Waals surface area contributed by atoms with Crippen molar-refractivity contribution in [3.63, 3.8) is 0 Å². The summed E-state index contributed by atoms with van der Waals surface area (Å²) in [4.78, 5) is 16.4. The minimum Gasteiger partial charge on any atom is -0.424 e. The van der Waals surface area contributed by atoms with Gasteiger partial charge in [0.25, 0.3) is 0 Å². The fourth-order valence-electron chi connectivity index (χ4n) is 3.42. The zero-order valence-electron chi connectivity index (χ0n) is 17.9. The van der Waals surface area contributed by atoms with E-state index >= 15 is 4.39 Å². The molecule has 0 aliphatic heterocycles. The van der Waals surface area contributed by atoms with Gasteiger partial charge in [0.15, 0.2) is 0 Å². The molecular weight excluding hydrogens is 490 g/mol. The van der Waals surface area contributed by atoms with Gasteiger partial charge in [-0.2, -0.15) is 0 Å². The molecule has 2 aromatic heterocycles. The number of hydrogen-bond acceptors (Lipinski definition) is 8. The molecular formula is C22H17F4N5O3S. The second-order valence-corrected chi connectivity index (χ2v) is 9.19. The Balaban J connectivity index is 1.30. The molecule has 2 heterocycles. The Morgan fingerprint density at radius 1 is 1.14 bits per heavy atom. The molecule has 1 aliphatic carbocycles. The van der Waals surface area contributed by atoms with Gasteiger partial charge in [-0.25, -0.2) is 9.37 Å². The summed E-state index contributed by atoms with van der Waals surface area (Å²) in [6.45, 7) is 0. The largest absolute Gasteiger partial charge is 0.573 e. The van der Waals surface area contributed by atoms with Crippen molar-refractivity contribution < 1.29 is 31.5 Å². The molecule has 0 bridgehead atoms. The Hall–Kier alpha value is -3.58. The summed E-state index contributed by atoms with van der Waals surface area (Å²) in [5.41, 5.74) is 6.23. The van der Waals surface area contributed by atoms with Crippen LogP contribution >= 0.6 is 11.3 Å². The van der Waals surface area contributed by atoms with Crippen LogP contribution in [0.4, 0.5) is 17.6 Å². The van der Waals surface area contributed by atoms with Crippen LogP contribution in [0.1, 0.15) is 29.6 Å². The number of amides is 1. The molecule has 1 amide bonds. The lowest BCUT2D eigenvalue weighted by Crippen LogP contribution is -2.44. The number of hydrogen-bond donors (Lipinski definition) is 2. The number of halogens is 4. The molecule has 1 aliphatic rings. The number of carbonyl (C=O) groups excluding carboxylic acids is 1. The molecule has 35 heavy (non-hydrogen) atoms. The zero-order chi connectivity index (χ0) is 24.8. The molecule has 5 rings (SSSR count). The molecule has 0 atom stereocenters. The number of nitrogens with zero attached hydrogens (tertiary/aromatic N) is 3. The molecule has 2 aromatic carbocycles. The Bertz CT molecular complexity index is 1400. The van der Waals surface area contributed by atoms with Gasteiger partial charge in [0.1, 0.15) is 23.0 Å². The van der Waals surface area contributed by atoms with Crippen molar-refractivity contribution in [3.05, 3.63) is 59.0 Å². The lowest BCUT2D eigenvalue weighted by atomic mass is 10.0. The molecule has 0 spiro atoms. The minimum atomic E-state index is -4.81. The molecule has 0 radical (unpaired) electrons. The van der Waals surface area contributed by atoms with Gasteiger partial charge in [0.2, 0.25) is 17.7 Å². The highest BCUT2D eigenvalue weighted by Crippen LogP contribution is 2.34. The summed E-state index contributed by atoms with van der Waals surface area (Å²) in [6, 6.07) is 8.07. The number of benzene rings is 2. The average Bonchev–Trinajstić information content (AvgIpc) is 3.15. The first-order chi connectivity index (χ1) is 16.6. The van der Waals surface area contributed by atoms with E-state index in [-0.39, 0.29) is 40.8 Å². The maximum atomic E-state index is 15.2. The highest BCUT2D eigenvalue weighted by molar-refractivity contribution is 7.18. The second kappa shape index (κ2) is 8.57. The van der Waals surface area contributed by atoms with Gasteiger partial charge in [-0.15, -0.1) is 34.7 Å². The van der Waals surface area contributed by atoms with Crippen LogP contribution in [0.2, 0.25) is 0 Å². The molecule has 8 nitrogen and oxygen atoms in total. The van der Waals surface area contributed by atoms with Gasteiger partial charge < -0.3 is 20.2 Å². The Morgan fingerprint density at radius 2 is 1.86 bits per heavy atom. The Labute approximate surface area is 199 Å². The van der Waals surface area contributed by atoms with Crippen molar-refractivity contribution in [1.82, 2.24) is 20.5 Å². The number of nitrogens with one attached hydrogen (secondary N) is 1. The molecule has 1 saturated carbocycles. The van der Waals surface area contributed by atoms with Crippen LogP contribution in [0.15, 0.2) is 40.8 Å². The monoisotopic (exact) mass is 507 g/mol. The van der Waals surface area contributed by atoms with E-state index in [2.05, 4.69) is 25.2 Å². The van der Waals surface area contributed by atoms with E-state index in [0.29, 0.717) is 16.1 Å². The molecule has 0 saturated heterocycles. The van der Waals surface area contributed by atoms with E-state index in [9.17, 15) is 18.0 Å². The predicted molar refractivity (Wildman–Crippen MR) is 117 cm³/mol. The molecule has 0 unspecified atom stereocenters. The van der Waals surface area contributed by atoms with Crippen LogP contribution in [0.5, 0.6) is 5.75 Å². The molecule has 3 N–H and O–H groups in total. The Kier molecular flexibility index (Phi) is 5.68. The van der Waals surface area contributed by atoms with Crippen molar-refractivity contribution in [2.45, 2.75) is 37.7 Å². The van der Waals surface area contributed by atoms with Gasteiger partial charge in [-0.1, -0.05) is 12.1 Å². The molecule has 182 valence electrons. The number of aromatic nitrogens is 3. The van der Waals surface area contributed by atoms with Crippen molar-refractivity contribution in [2.24, 2.45) is 5.73 Å². The van der Waals surface area contributed by atoms with Crippen molar-refractivity contribution in [2.75, 3.05) is 0 Å². The third-order valence-corrected chi connectivity index (χ3v) is 6.30. The first-order valence-electron chi connectivity index (χ1n) is 10.4. The third kappa shape index (κ3) is 5.41. The fraction of sp³-hybridized carbons (Fsp3) is 0.273. The lowest BCUT2D eigenvalue weighted by molar-refractivity contribution is -0.274. The fourth-order valence-corrected chi connectivity index (χ4v) is 4.41. The van der Waals surface area contributed by atoms with Crippen molar-refractivity contribution in [3.8, 4) is 16.9 Å². The van der Waals surface area contributed by atoms with Crippen molar-refractivity contribution in [1.29, 1.82) is 0 Å². The summed E-state index contributed by atoms with van der Waals surface area (Å²) in [7, 11) is 0. The van der Waals surface area contributed by atoms with Crippen LogP contribution in [0.25, 0.3) is 21.3 Å². The first kappa shape index (κ1) is 23.2. The topological polar surface area (TPSA) is 116 Å². The van der Waals surface area contributed by atoms with E-state index in [4.69, 9.17) is 10.2 Å². The van der Waals surface area contributed by atoms with Gasteiger partial charge in [-0.3, -0.25) is 4.79 Å². The summed E-state index contributed by atoms with van der Waals surface area (Å²) < 4.78 is 61.9. The molecule has 4 aromatic rings. The van der Waals surface area contributed by atoms with E-state index in [1.165, 1.54) is 18.2 Å². The highest BCUT2D eigenvalue weighted by Gasteiger charge is 2.39. The SMILES string of the molecule is NC1(NC(=O)Cc2nnc(Cc3nc4ccc(-c5ccc(OC(F)(F)F)cc5)c(F)c4s3)o2)CC1. The normalized spacial score (nSPS) is 14.8. The number of rotatable bonds is 7. The number of carbonyl (C=O) groups is 1. The van der Waals surface area contributed by atoms with Crippen LogP contribution in [0, 0.1) is 5.82 Å². The number of alkyl halides is 3. The average molecular weight is 507 g/mol. The number of nitrogens with two attached hydrogens (primary N) is 1. The zero-order valence-corrected chi connectivity index (χ0v) is 18.7. The van der Waals surface area contributed by atoms with E-state index in [1.54, 1.807) is 6.07 Å². The van der Waals surface area contributed by atoms with Crippen LogP contribution < -0.4 is 15.8 Å². The third-order valence-electron chi connectivity index (χ3n) is 5.24. The quantitative estimate of drug-likeness (QED) is 0.286. The van der Waals surface area contributed by atoms with Crippen LogP contribution in [0.3, 0.4) is 0 Å². The number of fused-ring (bicyclic) bond motifs is 1. The molecule has 13 heteroatoms. The second-order valence-electron chi connectivity index (χ2n) is 8.10. The number of thiazole rings is 1. The maximum absolute atomic E-state index is 15.2. The van der Waals surface area contributed by atoms with Crippen molar-refractivity contribution >= 4 is 27.5 Å². The van der Waals surface area contributed by atoms with E-state index < -0.39 is 23.6 Å². The summed E-state index contributed by atoms with van der Waals surface area (Å²) in [5, 5.41) is 11.0. The maximum Gasteiger partial charge on any atom is 0.573 e. The first-order valence-corrected chi connectivity index (χ1v) is 11.2. The standard InChI is InChI=1S/C22H17F4N5O3S/c23-19-13(11-1-3-12(4-2-11)34-22(24,25)26)5-6-14-20(19)35-18(28-14)10-17-31-30-16(33-17)9-15(32)29-21(27)7-8-21/h1-6H,7-10,27H2,(H,29,32). The number of ether oxygens (including phenoxy) is 1. The summed E-state index contributed by atoms with van der Waals surface area (Å²) in [6.07, 6.45) is -3.31. The predicted octanol–water partition coefficient (Wildman–Crippen LogP) is 4.08. The van der Waals surface area contributed by atoms with Crippen LogP contribution in [-0.2, 0) is 17.6 Å². The van der Waals surface area contributed by atoms with Crippen LogP contribution in [-0.4, -0.2) is 33.1 Å². The minimum absolute atomic E-state index is 0.101. The van der Waals surface area contributed by atoms with Gasteiger partial charge in [0.05, 0.1) is 22.3 Å². The smallest absolute Gasteiger partial charge is 0.424 e. The van der Waals surface area contributed by atoms with Gasteiger partial charge in [-0.05, 0) is 42.7 Å². The van der Waals surface area contributed by atoms with E-state index in [1.807, 2.05) is 0 Å². The highest BCUT2D eigenvalue weighted by atomic mass is 32.1. The lowest BCUT2D eigenvalue weighted by Gasteiger charge is -2.09. The van der Waals surface area contributed by atoms with Gasteiger partial charge in [0, 0.05) is 5.56 Å². The Morgan fingerprint density at radius 3 is 2.54 bits per heavy atom. The van der Waals surface area contributed by atoms with E-state index in [0.717, 1.165) is 36.3 Å². The summed E-state index contributed by atoms with van der Waals surface area (Å²) in [5.74, 6) is -0.896. The molecule has 1 fully saturated rings. The summed E-state index contributed by atoms with van der Waals surface area (Å²) >= 11 is 1.09. The van der Waals surface area contributed by atoms with Gasteiger partial charge >= 0.3 is 6.36 Å².